The van der Waals surface area contributed by atoms with Gasteiger partial charge in [-0.1, -0.05) is 19.9 Å². The Balaban J connectivity index is 1.80. The van der Waals surface area contributed by atoms with Crippen LogP contribution in [0.5, 0.6) is 0 Å². The van der Waals surface area contributed by atoms with Crippen LogP contribution in [-0.4, -0.2) is 33.3 Å². The predicted octanol–water partition coefficient (Wildman–Crippen LogP) is 3.34. The summed E-state index contributed by atoms with van der Waals surface area (Å²) in [5.74, 6) is 1.04. The molecule has 1 amide bonds. The molecule has 0 N–H and O–H groups in total. The van der Waals surface area contributed by atoms with E-state index in [0.717, 1.165) is 25.1 Å². The van der Waals surface area contributed by atoms with Crippen LogP contribution in [0.3, 0.4) is 0 Å². The molecule has 5 nitrogen and oxygen atoms in total. The topological polar surface area (TPSA) is 54.7 Å². The van der Waals surface area contributed by atoms with Gasteiger partial charge in [-0.2, -0.15) is 0 Å². The van der Waals surface area contributed by atoms with E-state index >= 15 is 0 Å². The van der Waals surface area contributed by atoms with Crippen LogP contribution in [0.15, 0.2) is 29.2 Å². The Morgan fingerprint density at radius 1 is 1.28 bits per heavy atom. The van der Waals surface area contributed by atoms with Crippen LogP contribution in [0.2, 0.25) is 0 Å². The lowest BCUT2D eigenvalue weighted by molar-refractivity contribution is 0.0628. The summed E-state index contributed by atoms with van der Waals surface area (Å²) in [5.41, 5.74) is 1.49. The molecule has 2 atom stereocenters. The van der Waals surface area contributed by atoms with E-state index in [2.05, 4.69) is 18.8 Å². The lowest BCUT2D eigenvalue weighted by Gasteiger charge is -2.34. The number of rotatable bonds is 1. The van der Waals surface area contributed by atoms with Crippen molar-refractivity contribution < 1.29 is 4.79 Å². The number of nitrogens with zero attached hydrogens (tertiary/aromatic N) is 3. The van der Waals surface area contributed by atoms with Crippen LogP contribution in [0.4, 0.5) is 0 Å². The van der Waals surface area contributed by atoms with Crippen LogP contribution in [0, 0.1) is 18.8 Å². The fourth-order valence-corrected chi connectivity index (χ4v) is 4.84. The normalized spacial score (nSPS) is 21.2. The molecule has 25 heavy (non-hydrogen) atoms. The Kier molecular flexibility index (Phi) is 3.87. The molecule has 6 heteroatoms. The van der Waals surface area contributed by atoms with Crippen molar-refractivity contribution in [3.05, 3.63) is 45.2 Å². The Labute approximate surface area is 149 Å². The highest BCUT2D eigenvalue weighted by Crippen LogP contribution is 2.27. The molecule has 0 radical (unpaired) electrons. The second-order valence-corrected chi connectivity index (χ2v) is 8.32. The van der Waals surface area contributed by atoms with Crippen LogP contribution in [-0.2, 0) is 0 Å². The van der Waals surface area contributed by atoms with Gasteiger partial charge in [0.25, 0.3) is 11.5 Å². The molecule has 4 rings (SSSR count). The van der Waals surface area contributed by atoms with E-state index in [4.69, 9.17) is 0 Å². The number of pyridine rings is 1. The zero-order valence-corrected chi connectivity index (χ0v) is 15.5. The number of carbonyl (C=O) groups is 1. The highest BCUT2D eigenvalue weighted by Gasteiger charge is 2.27. The molecule has 3 aromatic rings. The molecule has 0 unspecified atom stereocenters. The molecule has 0 aromatic carbocycles. The number of amides is 1. The first kappa shape index (κ1) is 16.3. The minimum absolute atomic E-state index is 0.0200. The molecule has 1 aliphatic heterocycles. The number of aromatic nitrogens is 2. The van der Waals surface area contributed by atoms with Gasteiger partial charge in [-0.15, -0.1) is 11.3 Å². The standard InChI is InChI=1S/C19H21N3O2S/c1-11-7-12(2)10-21(9-11)19(24)15-8-14-17(25-15)20-16-13(3)5-4-6-22(16)18(14)23/h4-6,8,11-12H,7,9-10H2,1-3H3/t11-,12+. The molecular formula is C19H21N3O2S. The number of hydrogen-bond donors (Lipinski definition) is 0. The lowest BCUT2D eigenvalue weighted by Crippen LogP contribution is -2.42. The summed E-state index contributed by atoms with van der Waals surface area (Å²) in [4.78, 5) is 33.5. The van der Waals surface area contributed by atoms with Crippen LogP contribution < -0.4 is 5.56 Å². The van der Waals surface area contributed by atoms with Crippen molar-refractivity contribution in [1.82, 2.24) is 14.3 Å². The quantitative estimate of drug-likeness (QED) is 0.673. The van der Waals surface area contributed by atoms with Crippen LogP contribution >= 0.6 is 11.3 Å². The fourth-order valence-electron chi connectivity index (χ4n) is 3.85. The summed E-state index contributed by atoms with van der Waals surface area (Å²) < 4.78 is 1.56. The van der Waals surface area contributed by atoms with E-state index in [9.17, 15) is 9.59 Å². The number of aryl methyl sites for hydroxylation is 1. The molecule has 1 fully saturated rings. The van der Waals surface area contributed by atoms with E-state index in [0.29, 0.717) is 32.6 Å². The highest BCUT2D eigenvalue weighted by molar-refractivity contribution is 7.20. The van der Waals surface area contributed by atoms with Gasteiger partial charge in [0.1, 0.15) is 10.5 Å². The van der Waals surface area contributed by atoms with Gasteiger partial charge < -0.3 is 4.90 Å². The molecule has 0 saturated carbocycles. The van der Waals surface area contributed by atoms with Crippen molar-refractivity contribution in [3.8, 4) is 0 Å². The average molecular weight is 355 g/mol. The number of likely N-dealkylation sites (tertiary alicyclic amines) is 1. The van der Waals surface area contributed by atoms with E-state index in [1.54, 1.807) is 16.7 Å². The summed E-state index contributed by atoms with van der Waals surface area (Å²) in [6, 6.07) is 5.49. The third kappa shape index (κ3) is 2.74. The minimum Gasteiger partial charge on any atom is -0.337 e. The SMILES string of the molecule is Cc1cccn2c(=O)c3cc(C(=O)N4C[C@H](C)C[C@H](C)C4)sc3nc12. The Bertz CT molecular complexity index is 1030. The summed E-state index contributed by atoms with van der Waals surface area (Å²) in [7, 11) is 0. The first-order valence-corrected chi connectivity index (χ1v) is 9.46. The van der Waals surface area contributed by atoms with Crippen molar-refractivity contribution in [2.75, 3.05) is 13.1 Å². The summed E-state index contributed by atoms with van der Waals surface area (Å²) >= 11 is 1.32. The Morgan fingerprint density at radius 3 is 2.72 bits per heavy atom. The Hall–Kier alpha value is -2.21. The number of thiophene rings is 1. The second kappa shape index (κ2) is 5.95. The molecule has 0 aliphatic carbocycles. The van der Waals surface area contributed by atoms with Crippen molar-refractivity contribution in [2.45, 2.75) is 27.2 Å². The van der Waals surface area contributed by atoms with Gasteiger partial charge in [-0.25, -0.2) is 4.98 Å². The summed E-state index contributed by atoms with van der Waals surface area (Å²) in [6.45, 7) is 7.87. The third-order valence-corrected chi connectivity index (χ3v) is 5.92. The van der Waals surface area contributed by atoms with Gasteiger partial charge in [-0.05, 0) is 42.9 Å². The number of carbonyl (C=O) groups excluding carboxylic acids is 1. The average Bonchev–Trinajstić information content (AvgIpc) is 2.99. The van der Waals surface area contributed by atoms with E-state index in [-0.39, 0.29) is 11.5 Å². The zero-order valence-electron chi connectivity index (χ0n) is 14.7. The Morgan fingerprint density at radius 2 is 2.00 bits per heavy atom. The summed E-state index contributed by atoms with van der Waals surface area (Å²) in [5, 5.41) is 0.523. The monoisotopic (exact) mass is 355 g/mol. The third-order valence-electron chi connectivity index (χ3n) is 4.90. The maximum absolute atomic E-state index is 12.9. The van der Waals surface area contributed by atoms with E-state index in [1.165, 1.54) is 11.3 Å². The molecule has 130 valence electrons. The molecular weight excluding hydrogens is 334 g/mol. The maximum atomic E-state index is 12.9. The predicted molar refractivity (Wildman–Crippen MR) is 100 cm³/mol. The van der Waals surface area contributed by atoms with Gasteiger partial charge >= 0.3 is 0 Å². The first-order valence-electron chi connectivity index (χ1n) is 8.65. The van der Waals surface area contributed by atoms with Gasteiger partial charge in [0, 0.05) is 19.3 Å². The maximum Gasteiger partial charge on any atom is 0.266 e. The van der Waals surface area contributed by atoms with Crippen LogP contribution in [0.25, 0.3) is 15.9 Å². The number of piperidine rings is 1. The molecule has 1 saturated heterocycles. The number of hydrogen-bond acceptors (Lipinski definition) is 4. The molecule has 0 spiro atoms. The second-order valence-electron chi connectivity index (χ2n) is 7.29. The van der Waals surface area contributed by atoms with Crippen molar-refractivity contribution in [2.24, 2.45) is 11.8 Å². The van der Waals surface area contributed by atoms with Crippen molar-refractivity contribution in [3.63, 3.8) is 0 Å². The largest absolute Gasteiger partial charge is 0.337 e. The van der Waals surface area contributed by atoms with E-state index < -0.39 is 0 Å². The molecule has 1 aliphatic rings. The molecule has 4 heterocycles. The lowest BCUT2D eigenvalue weighted by atomic mass is 9.92. The van der Waals surface area contributed by atoms with Gasteiger partial charge in [0.2, 0.25) is 0 Å². The smallest absolute Gasteiger partial charge is 0.266 e. The van der Waals surface area contributed by atoms with Crippen LogP contribution in [0.1, 0.15) is 35.5 Å². The van der Waals surface area contributed by atoms with Gasteiger partial charge in [0.15, 0.2) is 0 Å². The highest BCUT2D eigenvalue weighted by atomic mass is 32.1. The van der Waals surface area contributed by atoms with Gasteiger partial charge in [-0.3, -0.25) is 14.0 Å². The van der Waals surface area contributed by atoms with Crippen molar-refractivity contribution >= 4 is 33.1 Å². The number of fused-ring (bicyclic) bond motifs is 2. The molecule has 3 aromatic heterocycles. The first-order chi connectivity index (χ1) is 11.9. The van der Waals surface area contributed by atoms with E-state index in [1.807, 2.05) is 24.0 Å². The molecule has 0 bridgehead atoms. The minimum atomic E-state index is -0.112. The summed E-state index contributed by atoms with van der Waals surface area (Å²) in [6.07, 6.45) is 2.88. The zero-order chi connectivity index (χ0) is 17.7. The van der Waals surface area contributed by atoms with Gasteiger partial charge in [0.05, 0.1) is 10.3 Å². The van der Waals surface area contributed by atoms with Crippen molar-refractivity contribution in [1.29, 1.82) is 0 Å². The fraction of sp³-hybridized carbons (Fsp3) is 0.421.